The average Bonchev–Trinajstić information content (AvgIpc) is 3.02. The highest BCUT2D eigenvalue weighted by molar-refractivity contribution is 4.62. The molecule has 0 saturated heterocycles. The predicted octanol–water partition coefficient (Wildman–Crippen LogP) is -0.810. The molecule has 3 heterocycles. The van der Waals surface area contributed by atoms with Gasteiger partial charge in [-0.2, -0.15) is 45.0 Å². The van der Waals surface area contributed by atoms with E-state index in [9.17, 15) is 0 Å². The van der Waals surface area contributed by atoms with E-state index in [1.165, 1.54) is 14.4 Å². The Morgan fingerprint density at radius 1 is 0.647 bits per heavy atom. The second-order valence-corrected chi connectivity index (χ2v) is 2.96. The summed E-state index contributed by atoms with van der Waals surface area (Å²) in [6.07, 6.45) is 9.74. The van der Waals surface area contributed by atoms with Gasteiger partial charge in [-0.25, -0.2) is 0 Å². The zero-order chi connectivity index (χ0) is 11.9. The van der Waals surface area contributed by atoms with E-state index in [1.54, 1.807) is 44.2 Å². The van der Waals surface area contributed by atoms with Gasteiger partial charge in [0, 0.05) is 7.05 Å². The monoisotopic (exact) mass is 233 g/mol. The largest absolute Gasteiger partial charge is 0.188 e. The van der Waals surface area contributed by atoms with Crippen LogP contribution in [0.5, 0.6) is 0 Å². The van der Waals surface area contributed by atoms with Crippen LogP contribution in [0.4, 0.5) is 0 Å². The molecule has 0 atom stereocenters. The summed E-state index contributed by atoms with van der Waals surface area (Å²) in [6, 6.07) is 0. The molecule has 3 aromatic heterocycles. The minimum Gasteiger partial charge on any atom is -0.188 e. The number of nitrogens with zero attached hydrogens (tertiary/aromatic N) is 9. The van der Waals surface area contributed by atoms with Crippen LogP contribution in [0.2, 0.25) is 0 Å². The first-order chi connectivity index (χ1) is 8.34. The molecule has 0 unspecified atom stereocenters. The molecule has 9 nitrogen and oxygen atoms in total. The van der Waals surface area contributed by atoms with Gasteiger partial charge < -0.3 is 0 Å². The highest BCUT2D eigenvalue weighted by Crippen LogP contribution is 1.80. The smallest absolute Gasteiger partial charge is 0.172 e. The summed E-state index contributed by atoms with van der Waals surface area (Å²) in [6.45, 7) is 0.458. The fraction of sp³-hybridized carbons (Fsp3) is 0.250. The number of aromatic nitrogens is 9. The molecule has 3 aromatic rings. The third-order valence-electron chi connectivity index (χ3n) is 1.72. The summed E-state index contributed by atoms with van der Waals surface area (Å²) in [7, 11) is 1.78. The fourth-order valence-electron chi connectivity index (χ4n) is 1.03. The van der Waals surface area contributed by atoms with Crippen molar-refractivity contribution in [2.24, 2.45) is 7.05 Å². The Balaban J connectivity index is 0.000000153. The lowest BCUT2D eigenvalue weighted by molar-refractivity contribution is 0.413. The molecule has 3 rings (SSSR count). The van der Waals surface area contributed by atoms with Gasteiger partial charge in [-0.1, -0.05) is 0 Å². The number of aryl methyl sites for hydroxylation is 1. The topological polar surface area (TPSA) is 92.1 Å². The molecular weight excluding hydrogens is 222 g/mol. The van der Waals surface area contributed by atoms with Crippen LogP contribution >= 0.6 is 0 Å². The summed E-state index contributed by atoms with van der Waals surface area (Å²) >= 11 is 0. The minimum absolute atomic E-state index is 0.458. The standard InChI is InChI=1S/C5H6N6.C3H5N3/c1-2-7-10(6-1)5-11-8-3-4-9-11;1-6-4-2-3-5-6/h1-4H,5H2;2-3H,1H3. The quantitative estimate of drug-likeness (QED) is 0.574. The van der Waals surface area contributed by atoms with E-state index in [0.29, 0.717) is 6.67 Å². The maximum Gasteiger partial charge on any atom is 0.172 e. The lowest BCUT2D eigenvalue weighted by Gasteiger charge is -1.95. The summed E-state index contributed by atoms with van der Waals surface area (Å²) in [4.78, 5) is 4.50. The van der Waals surface area contributed by atoms with Crippen molar-refractivity contribution in [2.45, 2.75) is 6.67 Å². The van der Waals surface area contributed by atoms with Crippen molar-refractivity contribution in [3.8, 4) is 0 Å². The van der Waals surface area contributed by atoms with Crippen LogP contribution in [0.15, 0.2) is 37.2 Å². The normalized spacial score (nSPS) is 9.71. The summed E-state index contributed by atoms with van der Waals surface area (Å²) in [5, 5.41) is 23.0. The number of rotatable bonds is 2. The molecule has 88 valence electrons. The van der Waals surface area contributed by atoms with E-state index in [0.717, 1.165) is 0 Å². The molecule has 0 radical (unpaired) electrons. The van der Waals surface area contributed by atoms with Gasteiger partial charge in [0.05, 0.1) is 37.2 Å². The molecule has 0 aromatic carbocycles. The SMILES string of the molecule is Cn1nccn1.c1cnn(Cn2nccn2)n1. The second kappa shape index (κ2) is 5.49. The lowest BCUT2D eigenvalue weighted by Crippen LogP contribution is -2.13. The van der Waals surface area contributed by atoms with Crippen LogP contribution in [0.3, 0.4) is 0 Å². The second-order valence-electron chi connectivity index (χ2n) is 2.96. The predicted molar refractivity (Wildman–Crippen MR) is 56.4 cm³/mol. The zero-order valence-corrected chi connectivity index (χ0v) is 9.20. The van der Waals surface area contributed by atoms with E-state index in [-0.39, 0.29) is 0 Å². The minimum atomic E-state index is 0.458. The molecule has 0 aliphatic rings. The molecule has 9 heteroatoms. The Labute approximate surface area is 96.7 Å². The molecular formula is C8H11N9. The molecule has 0 aliphatic heterocycles. The Hall–Kier alpha value is -2.58. The van der Waals surface area contributed by atoms with Crippen LogP contribution < -0.4 is 0 Å². The highest BCUT2D eigenvalue weighted by Gasteiger charge is 1.92. The van der Waals surface area contributed by atoms with Gasteiger partial charge in [0.15, 0.2) is 6.67 Å². The third-order valence-corrected chi connectivity index (χ3v) is 1.72. The van der Waals surface area contributed by atoms with Crippen LogP contribution in [0.25, 0.3) is 0 Å². The Morgan fingerprint density at radius 2 is 1.00 bits per heavy atom. The molecule has 0 spiro atoms. The third kappa shape index (κ3) is 3.48. The van der Waals surface area contributed by atoms with Gasteiger partial charge in [-0.05, 0) is 0 Å². The maximum absolute atomic E-state index is 3.90. The Kier molecular flexibility index (Phi) is 3.53. The first kappa shape index (κ1) is 10.9. The van der Waals surface area contributed by atoms with Gasteiger partial charge in [-0.3, -0.25) is 0 Å². The van der Waals surface area contributed by atoms with Crippen molar-refractivity contribution in [3.63, 3.8) is 0 Å². The summed E-state index contributed by atoms with van der Waals surface area (Å²) < 4.78 is 0. The van der Waals surface area contributed by atoms with Crippen molar-refractivity contribution in [1.29, 1.82) is 0 Å². The van der Waals surface area contributed by atoms with E-state index < -0.39 is 0 Å². The molecule has 0 bridgehead atoms. The maximum atomic E-state index is 3.90. The molecule has 0 amide bonds. The molecule has 0 fully saturated rings. The summed E-state index contributed by atoms with van der Waals surface area (Å²) in [5.41, 5.74) is 0. The van der Waals surface area contributed by atoms with Crippen molar-refractivity contribution >= 4 is 0 Å². The average molecular weight is 233 g/mol. The molecule has 0 aliphatic carbocycles. The van der Waals surface area contributed by atoms with E-state index in [1.807, 2.05) is 0 Å². The molecule has 17 heavy (non-hydrogen) atoms. The van der Waals surface area contributed by atoms with Gasteiger partial charge in [0.1, 0.15) is 0 Å². The first-order valence-corrected chi connectivity index (χ1v) is 4.83. The van der Waals surface area contributed by atoms with Crippen molar-refractivity contribution in [3.05, 3.63) is 37.2 Å². The highest BCUT2D eigenvalue weighted by atomic mass is 15.6. The number of hydrogen-bond acceptors (Lipinski definition) is 6. The Morgan fingerprint density at radius 3 is 1.29 bits per heavy atom. The molecule has 0 saturated carbocycles. The fourth-order valence-corrected chi connectivity index (χ4v) is 1.03. The van der Waals surface area contributed by atoms with Gasteiger partial charge >= 0.3 is 0 Å². The van der Waals surface area contributed by atoms with Gasteiger partial charge in [-0.15, -0.1) is 0 Å². The van der Waals surface area contributed by atoms with E-state index in [4.69, 9.17) is 0 Å². The van der Waals surface area contributed by atoms with E-state index >= 15 is 0 Å². The van der Waals surface area contributed by atoms with E-state index in [2.05, 4.69) is 30.6 Å². The first-order valence-electron chi connectivity index (χ1n) is 4.83. The molecule has 0 N–H and O–H groups in total. The van der Waals surface area contributed by atoms with Gasteiger partial charge in [0.2, 0.25) is 0 Å². The van der Waals surface area contributed by atoms with Crippen LogP contribution in [-0.4, -0.2) is 45.0 Å². The lowest BCUT2D eigenvalue weighted by atomic mass is 11.0. The van der Waals surface area contributed by atoms with Crippen LogP contribution in [0.1, 0.15) is 0 Å². The van der Waals surface area contributed by atoms with Crippen LogP contribution in [-0.2, 0) is 13.7 Å². The van der Waals surface area contributed by atoms with Crippen LogP contribution in [0, 0.1) is 0 Å². The number of hydrogen-bond donors (Lipinski definition) is 0. The zero-order valence-electron chi connectivity index (χ0n) is 9.20. The Bertz CT molecular complexity index is 463. The van der Waals surface area contributed by atoms with Gasteiger partial charge in [0.25, 0.3) is 0 Å². The van der Waals surface area contributed by atoms with Crippen molar-refractivity contribution in [1.82, 2.24) is 45.0 Å². The summed E-state index contributed by atoms with van der Waals surface area (Å²) in [5.74, 6) is 0. The van der Waals surface area contributed by atoms with Crippen molar-refractivity contribution in [2.75, 3.05) is 0 Å². The van der Waals surface area contributed by atoms with Crippen molar-refractivity contribution < 1.29 is 0 Å².